The van der Waals surface area contributed by atoms with E-state index in [1.807, 2.05) is 0 Å². The number of sulfonamides is 1. The van der Waals surface area contributed by atoms with E-state index in [0.29, 0.717) is 19.0 Å². The summed E-state index contributed by atoms with van der Waals surface area (Å²) in [4.78, 5) is 2.58. The molecule has 134 valence electrons. The predicted molar refractivity (Wildman–Crippen MR) is 88.5 cm³/mol. The summed E-state index contributed by atoms with van der Waals surface area (Å²) < 4.78 is 28.4. The van der Waals surface area contributed by atoms with Crippen molar-refractivity contribution in [1.29, 1.82) is 0 Å². The summed E-state index contributed by atoms with van der Waals surface area (Å²) in [7, 11) is -1.93. The summed E-state index contributed by atoms with van der Waals surface area (Å²) in [5, 5.41) is 7.53. The third kappa shape index (κ3) is 2.98. The summed E-state index contributed by atoms with van der Waals surface area (Å²) in [6.45, 7) is 3.14. The molecule has 8 nitrogen and oxygen atoms in total. The van der Waals surface area contributed by atoms with Crippen molar-refractivity contribution in [2.24, 2.45) is 24.6 Å². The number of nitrogens with two attached hydrogens (primary N) is 1. The van der Waals surface area contributed by atoms with E-state index in [2.05, 4.69) is 15.2 Å². The largest absolute Gasteiger partial charge is 0.326 e. The van der Waals surface area contributed by atoms with Crippen LogP contribution in [0.5, 0.6) is 0 Å². The second-order valence-electron chi connectivity index (χ2n) is 7.51. The molecule has 2 aliphatic heterocycles. The predicted octanol–water partition coefficient (Wildman–Crippen LogP) is -0.363. The molecule has 1 aromatic heterocycles. The van der Waals surface area contributed by atoms with E-state index >= 15 is 0 Å². The fourth-order valence-corrected chi connectivity index (χ4v) is 5.67. The van der Waals surface area contributed by atoms with Crippen molar-refractivity contribution in [1.82, 2.24) is 24.2 Å². The molecule has 2 N–H and O–H groups in total. The van der Waals surface area contributed by atoms with Crippen LogP contribution in [0.25, 0.3) is 0 Å². The second kappa shape index (κ2) is 6.05. The molecule has 4 rings (SSSR count). The molecule has 3 atom stereocenters. The van der Waals surface area contributed by atoms with E-state index in [0.717, 1.165) is 19.0 Å². The third-order valence-corrected chi connectivity index (χ3v) is 7.42. The van der Waals surface area contributed by atoms with Gasteiger partial charge in [-0.25, -0.2) is 8.42 Å². The first-order valence-electron chi connectivity index (χ1n) is 8.81. The molecule has 0 radical (unpaired) electrons. The van der Waals surface area contributed by atoms with E-state index in [4.69, 9.17) is 5.73 Å². The smallest absolute Gasteiger partial charge is 0.264 e. The van der Waals surface area contributed by atoms with Crippen molar-refractivity contribution in [3.05, 3.63) is 6.20 Å². The lowest BCUT2D eigenvalue weighted by Gasteiger charge is -2.37. The minimum absolute atomic E-state index is 0.0149. The molecule has 1 aromatic rings. The van der Waals surface area contributed by atoms with Gasteiger partial charge in [-0.2, -0.15) is 4.31 Å². The van der Waals surface area contributed by atoms with E-state index in [-0.39, 0.29) is 17.0 Å². The zero-order chi connectivity index (χ0) is 16.9. The van der Waals surface area contributed by atoms with Crippen LogP contribution >= 0.6 is 0 Å². The van der Waals surface area contributed by atoms with Gasteiger partial charge < -0.3 is 10.6 Å². The van der Waals surface area contributed by atoms with Crippen LogP contribution in [0.2, 0.25) is 0 Å². The quantitative estimate of drug-likeness (QED) is 0.793. The van der Waals surface area contributed by atoms with Crippen LogP contribution in [0.1, 0.15) is 25.7 Å². The summed E-state index contributed by atoms with van der Waals surface area (Å²) >= 11 is 0. The van der Waals surface area contributed by atoms with Crippen LogP contribution in [0.15, 0.2) is 11.2 Å². The lowest BCUT2D eigenvalue weighted by Crippen LogP contribution is -2.44. The van der Waals surface area contributed by atoms with Gasteiger partial charge in [-0.1, -0.05) is 5.21 Å². The van der Waals surface area contributed by atoms with Gasteiger partial charge in [-0.05, 0) is 44.1 Å². The minimum Gasteiger partial charge on any atom is -0.326 e. The zero-order valence-electron chi connectivity index (χ0n) is 14.1. The first-order valence-corrected chi connectivity index (χ1v) is 10.3. The normalized spacial score (nSPS) is 33.2. The van der Waals surface area contributed by atoms with Crippen LogP contribution in [0.4, 0.5) is 0 Å². The molecule has 1 saturated carbocycles. The average molecular weight is 354 g/mol. The lowest BCUT2D eigenvalue weighted by atomic mass is 9.83. The second-order valence-corrected chi connectivity index (χ2v) is 9.39. The molecule has 0 bridgehead atoms. The maximum atomic E-state index is 12.7. The first-order chi connectivity index (χ1) is 11.4. The van der Waals surface area contributed by atoms with E-state index < -0.39 is 10.0 Å². The fourth-order valence-electron chi connectivity index (χ4n) is 4.25. The van der Waals surface area contributed by atoms with Gasteiger partial charge in [0.15, 0.2) is 0 Å². The molecular formula is C15H26N6O2S. The number of aryl methyl sites for hydroxylation is 1. The van der Waals surface area contributed by atoms with Gasteiger partial charge >= 0.3 is 0 Å². The van der Waals surface area contributed by atoms with E-state index in [9.17, 15) is 8.42 Å². The highest BCUT2D eigenvalue weighted by atomic mass is 32.2. The number of hydrogen-bond acceptors (Lipinski definition) is 6. The molecule has 9 heteroatoms. The summed E-state index contributed by atoms with van der Waals surface area (Å²) in [5.41, 5.74) is 6.35. The number of likely N-dealkylation sites (tertiary alicyclic amines) is 1. The monoisotopic (exact) mass is 354 g/mol. The van der Waals surface area contributed by atoms with E-state index in [1.54, 1.807) is 7.05 Å². The van der Waals surface area contributed by atoms with Gasteiger partial charge in [0.25, 0.3) is 10.0 Å². The fraction of sp³-hybridized carbons (Fsp3) is 0.867. The molecule has 3 heterocycles. The zero-order valence-corrected chi connectivity index (χ0v) is 14.9. The van der Waals surface area contributed by atoms with Crippen LogP contribution in [-0.2, 0) is 17.1 Å². The Hall–Kier alpha value is -1.03. The Balaban J connectivity index is 1.47. The highest BCUT2D eigenvalue weighted by molar-refractivity contribution is 7.89. The number of nitrogens with zero attached hydrogens (tertiary/aromatic N) is 5. The van der Waals surface area contributed by atoms with Gasteiger partial charge in [0.05, 0.1) is 6.20 Å². The van der Waals surface area contributed by atoms with Gasteiger partial charge in [-0.15, -0.1) is 5.10 Å². The molecule has 2 saturated heterocycles. The summed E-state index contributed by atoms with van der Waals surface area (Å²) in [6.07, 6.45) is 6.43. The molecule has 0 amide bonds. The topological polar surface area (TPSA) is 97.3 Å². The summed E-state index contributed by atoms with van der Waals surface area (Å²) in [5.74, 6) is 0.731. The Morgan fingerprint density at radius 3 is 2.67 bits per heavy atom. The lowest BCUT2D eigenvalue weighted by molar-refractivity contribution is 0.126. The number of piperidine rings is 1. The highest BCUT2D eigenvalue weighted by Gasteiger charge is 2.44. The Morgan fingerprint density at radius 2 is 2.00 bits per heavy atom. The first kappa shape index (κ1) is 16.4. The standard InChI is InChI=1S/C15H26N6O2S/c1-19-10-15(17-18-19)24(22,23)21-8-13(14(16)9-21)11-3-2-6-20(7-11)12-4-5-12/h10-14H,2-9,16H2,1H3. The Morgan fingerprint density at radius 1 is 1.21 bits per heavy atom. The SMILES string of the molecule is Cn1cc(S(=O)(=O)N2CC(N)C(C3CCCN(C4CC4)C3)C2)nn1. The van der Waals surface area contributed by atoms with Crippen molar-refractivity contribution >= 4 is 10.0 Å². The Kier molecular flexibility index (Phi) is 4.14. The third-order valence-electron chi connectivity index (χ3n) is 5.72. The van der Waals surface area contributed by atoms with Gasteiger partial charge in [0.1, 0.15) is 0 Å². The van der Waals surface area contributed by atoms with Crippen LogP contribution in [0.3, 0.4) is 0 Å². The molecule has 24 heavy (non-hydrogen) atoms. The molecule has 0 aromatic carbocycles. The van der Waals surface area contributed by atoms with Crippen molar-refractivity contribution in [2.75, 3.05) is 26.2 Å². The molecular weight excluding hydrogens is 328 g/mol. The van der Waals surface area contributed by atoms with Crippen LogP contribution in [0, 0.1) is 11.8 Å². The maximum Gasteiger partial charge on any atom is 0.264 e. The van der Waals surface area contributed by atoms with Crippen LogP contribution < -0.4 is 5.73 Å². The minimum atomic E-state index is -3.59. The Labute approximate surface area is 143 Å². The maximum absolute atomic E-state index is 12.7. The number of hydrogen-bond donors (Lipinski definition) is 1. The molecule has 3 unspecified atom stereocenters. The van der Waals surface area contributed by atoms with Crippen molar-refractivity contribution in [3.63, 3.8) is 0 Å². The average Bonchev–Trinajstić information content (AvgIpc) is 3.20. The molecule has 1 aliphatic carbocycles. The summed E-state index contributed by atoms with van der Waals surface area (Å²) in [6, 6.07) is 0.672. The van der Waals surface area contributed by atoms with Crippen molar-refractivity contribution in [2.45, 2.75) is 42.8 Å². The Bertz CT molecular complexity index is 701. The van der Waals surface area contributed by atoms with Crippen molar-refractivity contribution in [3.8, 4) is 0 Å². The molecule has 3 fully saturated rings. The van der Waals surface area contributed by atoms with Crippen molar-refractivity contribution < 1.29 is 8.42 Å². The molecule has 3 aliphatic rings. The van der Waals surface area contributed by atoms with Gasteiger partial charge in [0, 0.05) is 38.8 Å². The van der Waals surface area contributed by atoms with Gasteiger partial charge in [0.2, 0.25) is 5.03 Å². The van der Waals surface area contributed by atoms with Gasteiger partial charge in [-0.3, -0.25) is 4.68 Å². The van der Waals surface area contributed by atoms with E-state index in [1.165, 1.54) is 41.0 Å². The number of rotatable bonds is 4. The van der Waals surface area contributed by atoms with Crippen LogP contribution in [-0.4, -0.2) is 70.9 Å². The molecule has 0 spiro atoms. The highest BCUT2D eigenvalue weighted by Crippen LogP contribution is 2.36. The number of aromatic nitrogens is 3.